The molecule has 1 aliphatic carbocycles. The van der Waals surface area contributed by atoms with Crippen molar-refractivity contribution in [1.29, 1.82) is 0 Å². The molecule has 0 N–H and O–H groups in total. The van der Waals surface area contributed by atoms with Crippen LogP contribution in [0.3, 0.4) is 0 Å². The van der Waals surface area contributed by atoms with Crippen LogP contribution in [-0.4, -0.2) is 5.78 Å². The standard InChI is InChI=1S/C12H14O/c1-3-9-5-4-8(2)12-10(9)6-7-11(12)13/h4-5H,3,6-7H2,1-2H3. The van der Waals surface area contributed by atoms with Crippen LogP contribution in [0, 0.1) is 6.92 Å². The first-order chi connectivity index (χ1) is 6.24. The summed E-state index contributed by atoms with van der Waals surface area (Å²) in [6.07, 6.45) is 2.71. The lowest BCUT2D eigenvalue weighted by Crippen LogP contribution is -1.98. The zero-order valence-electron chi connectivity index (χ0n) is 8.18. The molecule has 1 heteroatoms. The summed E-state index contributed by atoms with van der Waals surface area (Å²) in [4.78, 5) is 11.6. The molecule has 1 aromatic carbocycles. The minimum absolute atomic E-state index is 0.336. The Bertz CT molecular complexity index is 364. The molecule has 0 aliphatic heterocycles. The number of carbonyl (C=O) groups is 1. The molecule has 0 fully saturated rings. The van der Waals surface area contributed by atoms with Gasteiger partial charge in [-0.05, 0) is 36.5 Å². The van der Waals surface area contributed by atoms with E-state index in [0.29, 0.717) is 12.2 Å². The molecule has 0 aromatic heterocycles. The van der Waals surface area contributed by atoms with Gasteiger partial charge in [-0.15, -0.1) is 0 Å². The summed E-state index contributed by atoms with van der Waals surface area (Å²) in [5.74, 6) is 0.336. The van der Waals surface area contributed by atoms with Gasteiger partial charge in [0.25, 0.3) is 0 Å². The van der Waals surface area contributed by atoms with E-state index in [4.69, 9.17) is 0 Å². The average molecular weight is 174 g/mol. The molecule has 0 heterocycles. The Labute approximate surface area is 78.8 Å². The van der Waals surface area contributed by atoms with Crippen LogP contribution in [0.2, 0.25) is 0 Å². The molecule has 13 heavy (non-hydrogen) atoms. The van der Waals surface area contributed by atoms with Crippen molar-refractivity contribution in [2.75, 3.05) is 0 Å². The molecule has 0 spiro atoms. The van der Waals surface area contributed by atoms with Crippen LogP contribution in [0.15, 0.2) is 12.1 Å². The highest BCUT2D eigenvalue weighted by Crippen LogP contribution is 2.28. The SMILES string of the molecule is CCc1ccc(C)c2c1CCC2=O. The summed E-state index contributed by atoms with van der Waals surface area (Å²) in [5, 5.41) is 0. The van der Waals surface area contributed by atoms with E-state index in [-0.39, 0.29) is 0 Å². The summed E-state index contributed by atoms with van der Waals surface area (Å²) in [5.41, 5.74) is 4.83. The van der Waals surface area contributed by atoms with Gasteiger partial charge in [-0.1, -0.05) is 19.1 Å². The fourth-order valence-electron chi connectivity index (χ4n) is 2.18. The van der Waals surface area contributed by atoms with E-state index < -0.39 is 0 Å². The Kier molecular flexibility index (Phi) is 1.95. The number of Topliss-reactive ketones (excluding diaryl/α,β-unsaturated/α-hetero) is 1. The lowest BCUT2D eigenvalue weighted by atomic mass is 9.97. The van der Waals surface area contributed by atoms with E-state index in [9.17, 15) is 4.79 Å². The minimum atomic E-state index is 0.336. The first kappa shape index (κ1) is 8.49. The van der Waals surface area contributed by atoms with Gasteiger partial charge >= 0.3 is 0 Å². The van der Waals surface area contributed by atoms with Gasteiger partial charge in [0.2, 0.25) is 0 Å². The lowest BCUT2D eigenvalue weighted by molar-refractivity contribution is 0.0994. The number of hydrogen-bond donors (Lipinski definition) is 0. The largest absolute Gasteiger partial charge is 0.294 e. The van der Waals surface area contributed by atoms with Crippen LogP contribution in [0.5, 0.6) is 0 Å². The molecular weight excluding hydrogens is 160 g/mol. The smallest absolute Gasteiger partial charge is 0.163 e. The third-order valence-corrected chi connectivity index (χ3v) is 2.88. The maximum atomic E-state index is 11.6. The van der Waals surface area contributed by atoms with Crippen LogP contribution in [0.1, 0.15) is 40.4 Å². The molecule has 0 radical (unpaired) electrons. The predicted octanol–water partition coefficient (Wildman–Crippen LogP) is 2.69. The number of carbonyl (C=O) groups excluding carboxylic acids is 1. The summed E-state index contributed by atoms with van der Waals surface area (Å²) < 4.78 is 0. The highest BCUT2D eigenvalue weighted by atomic mass is 16.1. The van der Waals surface area contributed by atoms with E-state index in [1.165, 1.54) is 11.1 Å². The number of fused-ring (bicyclic) bond motifs is 1. The number of aryl methyl sites for hydroxylation is 2. The van der Waals surface area contributed by atoms with Crippen molar-refractivity contribution in [3.05, 3.63) is 34.4 Å². The topological polar surface area (TPSA) is 17.1 Å². The minimum Gasteiger partial charge on any atom is -0.294 e. The third-order valence-electron chi connectivity index (χ3n) is 2.88. The summed E-state index contributed by atoms with van der Waals surface area (Å²) >= 11 is 0. The summed E-state index contributed by atoms with van der Waals surface area (Å²) in [6, 6.07) is 4.23. The van der Waals surface area contributed by atoms with Crippen LogP contribution in [0.4, 0.5) is 0 Å². The zero-order valence-corrected chi connectivity index (χ0v) is 8.18. The highest BCUT2D eigenvalue weighted by molar-refractivity contribution is 6.02. The number of rotatable bonds is 1. The van der Waals surface area contributed by atoms with E-state index in [0.717, 1.165) is 24.0 Å². The number of benzene rings is 1. The second-order valence-electron chi connectivity index (χ2n) is 3.67. The molecule has 1 aromatic rings. The van der Waals surface area contributed by atoms with E-state index in [2.05, 4.69) is 19.1 Å². The van der Waals surface area contributed by atoms with Crippen LogP contribution in [-0.2, 0) is 12.8 Å². The molecule has 0 saturated carbocycles. The monoisotopic (exact) mass is 174 g/mol. The molecule has 0 atom stereocenters. The molecule has 2 rings (SSSR count). The summed E-state index contributed by atoms with van der Waals surface area (Å²) in [6.45, 7) is 4.18. The third kappa shape index (κ3) is 1.19. The molecule has 0 unspecified atom stereocenters. The van der Waals surface area contributed by atoms with Gasteiger partial charge in [0.15, 0.2) is 5.78 Å². The Morgan fingerprint density at radius 2 is 2.08 bits per heavy atom. The fraction of sp³-hybridized carbons (Fsp3) is 0.417. The molecule has 0 amide bonds. The van der Waals surface area contributed by atoms with Gasteiger partial charge in [-0.2, -0.15) is 0 Å². The summed E-state index contributed by atoms with van der Waals surface area (Å²) in [7, 11) is 0. The van der Waals surface area contributed by atoms with Gasteiger partial charge in [-0.3, -0.25) is 4.79 Å². The Morgan fingerprint density at radius 1 is 1.31 bits per heavy atom. The lowest BCUT2D eigenvalue weighted by Gasteiger charge is -2.07. The first-order valence-electron chi connectivity index (χ1n) is 4.88. The van der Waals surface area contributed by atoms with E-state index in [1.54, 1.807) is 0 Å². The van der Waals surface area contributed by atoms with Crippen LogP contribution in [0.25, 0.3) is 0 Å². The second kappa shape index (κ2) is 2.99. The zero-order chi connectivity index (χ0) is 9.42. The number of hydrogen-bond acceptors (Lipinski definition) is 1. The van der Waals surface area contributed by atoms with Crippen LogP contribution >= 0.6 is 0 Å². The van der Waals surface area contributed by atoms with Crippen molar-refractivity contribution in [1.82, 2.24) is 0 Å². The highest BCUT2D eigenvalue weighted by Gasteiger charge is 2.23. The maximum Gasteiger partial charge on any atom is 0.163 e. The molecular formula is C12H14O. The number of ketones is 1. The van der Waals surface area contributed by atoms with Gasteiger partial charge in [0.1, 0.15) is 0 Å². The molecule has 1 nitrogen and oxygen atoms in total. The van der Waals surface area contributed by atoms with Crippen molar-refractivity contribution < 1.29 is 4.79 Å². The predicted molar refractivity (Wildman–Crippen MR) is 53.2 cm³/mol. The fourth-order valence-corrected chi connectivity index (χ4v) is 2.18. The maximum absolute atomic E-state index is 11.6. The molecule has 0 bridgehead atoms. The van der Waals surface area contributed by atoms with Gasteiger partial charge in [-0.25, -0.2) is 0 Å². The Morgan fingerprint density at radius 3 is 2.77 bits per heavy atom. The van der Waals surface area contributed by atoms with Crippen molar-refractivity contribution >= 4 is 5.78 Å². The van der Waals surface area contributed by atoms with Crippen molar-refractivity contribution in [2.45, 2.75) is 33.1 Å². The average Bonchev–Trinajstić information content (AvgIpc) is 2.50. The van der Waals surface area contributed by atoms with Crippen molar-refractivity contribution in [3.8, 4) is 0 Å². The van der Waals surface area contributed by atoms with Gasteiger partial charge < -0.3 is 0 Å². The quantitative estimate of drug-likeness (QED) is 0.639. The van der Waals surface area contributed by atoms with Crippen molar-refractivity contribution in [3.63, 3.8) is 0 Å². The Hall–Kier alpha value is -1.11. The Balaban J connectivity index is 2.65. The molecule has 0 saturated heterocycles. The van der Waals surface area contributed by atoms with Gasteiger partial charge in [0.05, 0.1) is 0 Å². The van der Waals surface area contributed by atoms with E-state index >= 15 is 0 Å². The normalized spacial score (nSPS) is 14.8. The van der Waals surface area contributed by atoms with Gasteiger partial charge in [0, 0.05) is 12.0 Å². The van der Waals surface area contributed by atoms with Crippen molar-refractivity contribution in [2.24, 2.45) is 0 Å². The van der Waals surface area contributed by atoms with Crippen LogP contribution < -0.4 is 0 Å². The molecule has 1 aliphatic rings. The second-order valence-corrected chi connectivity index (χ2v) is 3.67. The van der Waals surface area contributed by atoms with E-state index in [1.807, 2.05) is 6.92 Å². The molecule has 68 valence electrons. The first-order valence-corrected chi connectivity index (χ1v) is 4.88.